The molecule has 1 N–H and O–H groups in total. The zero-order valence-corrected chi connectivity index (χ0v) is 13.1. The van der Waals surface area contributed by atoms with Crippen LogP contribution in [0.1, 0.15) is 11.4 Å². The number of aromatic nitrogens is 4. The summed E-state index contributed by atoms with van der Waals surface area (Å²) < 4.78 is 40.4. The Morgan fingerprint density at radius 3 is 2.46 bits per heavy atom. The molecular weight excluding hydrogens is 321 g/mol. The number of alkyl halides is 3. The molecule has 2 heterocycles. The van der Waals surface area contributed by atoms with E-state index in [4.69, 9.17) is 0 Å². The van der Waals surface area contributed by atoms with Crippen molar-refractivity contribution in [1.82, 2.24) is 19.6 Å². The molecule has 0 bridgehead atoms. The van der Waals surface area contributed by atoms with Crippen LogP contribution in [0.3, 0.4) is 0 Å². The number of para-hydroxylation sites is 1. The number of aryl methyl sites for hydroxylation is 2. The predicted molar refractivity (Wildman–Crippen MR) is 83.1 cm³/mol. The fourth-order valence-electron chi connectivity index (χ4n) is 2.64. The van der Waals surface area contributed by atoms with Gasteiger partial charge in [-0.15, -0.1) is 0 Å². The largest absolute Gasteiger partial charge is 0.408 e. The number of H-pyrrole nitrogens is 1. The molecule has 126 valence electrons. The van der Waals surface area contributed by atoms with Crippen LogP contribution >= 0.6 is 0 Å². The highest BCUT2D eigenvalue weighted by molar-refractivity contribution is 5.62. The number of nitrogens with one attached hydrogen (secondary N) is 1. The third kappa shape index (κ3) is 2.99. The van der Waals surface area contributed by atoms with Crippen molar-refractivity contribution in [3.05, 3.63) is 58.1 Å². The van der Waals surface area contributed by atoms with Crippen molar-refractivity contribution in [2.24, 2.45) is 0 Å². The minimum atomic E-state index is -4.42. The van der Waals surface area contributed by atoms with Crippen molar-refractivity contribution in [2.75, 3.05) is 0 Å². The van der Waals surface area contributed by atoms with Gasteiger partial charge in [-0.1, -0.05) is 18.2 Å². The van der Waals surface area contributed by atoms with Crippen LogP contribution in [0.4, 0.5) is 13.2 Å². The van der Waals surface area contributed by atoms with Crippen LogP contribution in [0.5, 0.6) is 0 Å². The van der Waals surface area contributed by atoms with E-state index in [0.717, 1.165) is 4.68 Å². The van der Waals surface area contributed by atoms with E-state index < -0.39 is 18.3 Å². The Morgan fingerprint density at radius 2 is 1.83 bits per heavy atom. The fraction of sp³-hybridized carbons (Fsp3) is 0.250. The van der Waals surface area contributed by atoms with E-state index in [1.807, 2.05) is 6.07 Å². The average Bonchev–Trinajstić information content (AvgIpc) is 2.98. The van der Waals surface area contributed by atoms with Gasteiger partial charge in [-0.2, -0.15) is 18.3 Å². The molecule has 24 heavy (non-hydrogen) atoms. The summed E-state index contributed by atoms with van der Waals surface area (Å²) in [6.45, 7) is 2.00. The van der Waals surface area contributed by atoms with Crippen LogP contribution in [-0.2, 0) is 6.54 Å². The van der Waals surface area contributed by atoms with Crippen molar-refractivity contribution in [2.45, 2.75) is 26.6 Å². The number of hydrogen-bond acceptors (Lipinski definition) is 2. The summed E-state index contributed by atoms with van der Waals surface area (Å²) in [6.07, 6.45) is -4.42. The number of aromatic amines is 1. The highest BCUT2D eigenvalue weighted by Crippen LogP contribution is 2.25. The molecule has 0 aliphatic carbocycles. The third-order valence-electron chi connectivity index (χ3n) is 3.57. The van der Waals surface area contributed by atoms with Gasteiger partial charge in [0.2, 0.25) is 0 Å². The number of hydrogen-bond donors (Lipinski definition) is 1. The topological polar surface area (TPSA) is 55.6 Å². The summed E-state index contributed by atoms with van der Waals surface area (Å²) in [4.78, 5) is 12.7. The summed E-state index contributed by atoms with van der Waals surface area (Å²) in [5.74, 6) is 0. The van der Waals surface area contributed by atoms with Crippen molar-refractivity contribution in [1.29, 1.82) is 0 Å². The maximum absolute atomic E-state index is 12.8. The Bertz CT molecular complexity index is 919. The summed E-state index contributed by atoms with van der Waals surface area (Å²) in [7, 11) is 0. The van der Waals surface area contributed by atoms with Crippen LogP contribution in [0.25, 0.3) is 16.9 Å². The number of halogens is 3. The van der Waals surface area contributed by atoms with Gasteiger partial charge in [-0.3, -0.25) is 14.6 Å². The lowest BCUT2D eigenvalue weighted by molar-refractivity contribution is -0.142. The lowest BCUT2D eigenvalue weighted by Crippen LogP contribution is -2.21. The van der Waals surface area contributed by atoms with Gasteiger partial charge >= 0.3 is 6.18 Å². The molecule has 8 heteroatoms. The SMILES string of the molecule is Cc1cc(-c2c(C)[nH]n(-c3ccccc3)c2=O)n(CC(F)(F)F)n1. The van der Waals surface area contributed by atoms with Gasteiger partial charge in [0, 0.05) is 5.69 Å². The van der Waals surface area contributed by atoms with E-state index in [1.165, 1.54) is 10.7 Å². The van der Waals surface area contributed by atoms with Gasteiger partial charge in [-0.05, 0) is 32.0 Å². The molecule has 2 aromatic heterocycles. The maximum atomic E-state index is 12.8. The first-order chi connectivity index (χ1) is 11.3. The van der Waals surface area contributed by atoms with Crippen molar-refractivity contribution in [3.8, 4) is 16.9 Å². The molecule has 0 saturated carbocycles. The van der Waals surface area contributed by atoms with Gasteiger partial charge in [0.1, 0.15) is 6.54 Å². The van der Waals surface area contributed by atoms with Gasteiger partial charge in [0.05, 0.1) is 22.6 Å². The average molecular weight is 336 g/mol. The second-order valence-corrected chi connectivity index (χ2v) is 5.53. The Kier molecular flexibility index (Phi) is 3.82. The van der Waals surface area contributed by atoms with E-state index in [-0.39, 0.29) is 11.3 Å². The summed E-state index contributed by atoms with van der Waals surface area (Å²) >= 11 is 0. The molecule has 3 rings (SSSR count). The van der Waals surface area contributed by atoms with Gasteiger partial charge in [0.25, 0.3) is 5.56 Å². The number of rotatable bonds is 3. The van der Waals surface area contributed by atoms with E-state index in [1.54, 1.807) is 38.1 Å². The van der Waals surface area contributed by atoms with Crippen LogP contribution in [0, 0.1) is 13.8 Å². The molecule has 0 amide bonds. The first kappa shape index (κ1) is 16.1. The van der Waals surface area contributed by atoms with E-state index in [9.17, 15) is 18.0 Å². The molecule has 0 radical (unpaired) electrons. The van der Waals surface area contributed by atoms with E-state index >= 15 is 0 Å². The molecule has 0 saturated heterocycles. The third-order valence-corrected chi connectivity index (χ3v) is 3.57. The Balaban J connectivity index is 2.15. The second kappa shape index (κ2) is 5.70. The van der Waals surface area contributed by atoms with Crippen LogP contribution < -0.4 is 5.56 Å². The van der Waals surface area contributed by atoms with E-state index in [2.05, 4.69) is 10.2 Å². The maximum Gasteiger partial charge on any atom is 0.408 e. The highest BCUT2D eigenvalue weighted by Gasteiger charge is 2.31. The molecule has 1 aromatic carbocycles. The molecule has 3 aromatic rings. The van der Waals surface area contributed by atoms with Gasteiger partial charge in [0.15, 0.2) is 0 Å². The summed E-state index contributed by atoms with van der Waals surface area (Å²) in [5, 5.41) is 6.78. The smallest absolute Gasteiger partial charge is 0.295 e. The van der Waals surface area contributed by atoms with Crippen molar-refractivity contribution >= 4 is 0 Å². The van der Waals surface area contributed by atoms with Crippen LogP contribution in [-0.4, -0.2) is 25.7 Å². The Morgan fingerprint density at radius 1 is 1.17 bits per heavy atom. The lowest BCUT2D eigenvalue weighted by atomic mass is 10.2. The van der Waals surface area contributed by atoms with Gasteiger partial charge < -0.3 is 0 Å². The number of benzene rings is 1. The minimum absolute atomic E-state index is 0.151. The molecular formula is C16H15F3N4O. The van der Waals surface area contributed by atoms with Crippen LogP contribution in [0.2, 0.25) is 0 Å². The van der Waals surface area contributed by atoms with E-state index in [0.29, 0.717) is 17.1 Å². The van der Waals surface area contributed by atoms with Crippen molar-refractivity contribution < 1.29 is 13.2 Å². The molecule has 0 atom stereocenters. The first-order valence-corrected chi connectivity index (χ1v) is 7.25. The summed E-state index contributed by atoms with van der Waals surface area (Å²) in [5.41, 5.74) is 1.42. The Hall–Kier alpha value is -2.77. The lowest BCUT2D eigenvalue weighted by Gasteiger charge is -2.09. The van der Waals surface area contributed by atoms with Gasteiger partial charge in [-0.25, -0.2) is 4.68 Å². The quantitative estimate of drug-likeness (QED) is 0.798. The highest BCUT2D eigenvalue weighted by atomic mass is 19.4. The zero-order valence-electron chi connectivity index (χ0n) is 13.1. The van der Waals surface area contributed by atoms with Crippen LogP contribution in [0.15, 0.2) is 41.2 Å². The molecule has 0 unspecified atom stereocenters. The second-order valence-electron chi connectivity index (χ2n) is 5.53. The zero-order chi connectivity index (χ0) is 17.5. The molecule has 0 fully saturated rings. The van der Waals surface area contributed by atoms with Crippen molar-refractivity contribution in [3.63, 3.8) is 0 Å². The minimum Gasteiger partial charge on any atom is -0.295 e. The monoisotopic (exact) mass is 336 g/mol. The Labute approximate surface area is 135 Å². The normalized spacial score (nSPS) is 11.9. The first-order valence-electron chi connectivity index (χ1n) is 7.25. The molecule has 0 aliphatic heterocycles. The summed E-state index contributed by atoms with van der Waals surface area (Å²) in [6, 6.07) is 10.3. The molecule has 0 spiro atoms. The predicted octanol–water partition coefficient (Wildman–Crippen LogP) is 3.21. The fourth-order valence-corrected chi connectivity index (χ4v) is 2.64. The molecule has 0 aliphatic rings. The number of nitrogens with zero attached hydrogens (tertiary/aromatic N) is 3. The molecule has 5 nitrogen and oxygen atoms in total. The standard InChI is InChI=1S/C16H15F3N4O/c1-10-8-13(22(20-10)9-16(17,18)19)14-11(2)21-23(15(14)24)12-6-4-3-5-7-12/h3-8,21H,9H2,1-2H3.